The number of ether oxygens (including phenoxy) is 2. The van der Waals surface area contributed by atoms with Gasteiger partial charge in [0.05, 0.1) is 11.9 Å². The molecule has 114 valence electrons. The van der Waals surface area contributed by atoms with Crippen molar-refractivity contribution < 1.29 is 67.0 Å². The second kappa shape index (κ2) is 10.2. The van der Waals surface area contributed by atoms with Crippen LogP contribution in [0.1, 0.15) is 24.8 Å². The van der Waals surface area contributed by atoms with E-state index < -0.39 is 23.8 Å². The Morgan fingerprint density at radius 1 is 1.13 bits per heavy atom. The first kappa shape index (κ1) is 22.3. The van der Waals surface area contributed by atoms with E-state index in [-0.39, 0.29) is 44.1 Å². The maximum atomic E-state index is 11.4. The van der Waals surface area contributed by atoms with E-state index in [9.17, 15) is 19.8 Å². The van der Waals surface area contributed by atoms with Crippen LogP contribution in [0.2, 0.25) is 0 Å². The summed E-state index contributed by atoms with van der Waals surface area (Å²) in [7, 11) is 0. The summed E-state index contributed by atoms with van der Waals surface area (Å²) in [5.74, 6) is -3.67. The number of benzene rings is 1. The number of aliphatic carboxylic acids is 2. The molecule has 1 fully saturated rings. The number of carbonyl (C=O) groups is 2. The molecule has 2 rings (SSSR count). The Kier molecular flexibility index (Phi) is 9.88. The molecule has 1 aromatic rings. The zero-order valence-electron chi connectivity index (χ0n) is 13.4. The van der Waals surface area contributed by atoms with Crippen LogP contribution in [0, 0.1) is 0 Å². The Hall–Kier alpha value is -0.725. The molecule has 1 atom stereocenters. The fourth-order valence-corrected chi connectivity index (χ4v) is 2.28. The number of carbonyl (C=O) groups excluding carboxylic acids is 2. The van der Waals surface area contributed by atoms with E-state index in [0.29, 0.717) is 18.6 Å². The standard InChI is InChI=1S/C15H18O6.2Li/c16-13(17)15(14(18)19,10-11-6-2-1-3-7-11)21-12-8-4-5-9-20-12;;/h1-3,6-7,12H,4-5,8-10H2,(H,16,17)(H,18,19);;/q;2*+1/p-2. The quantitative estimate of drug-likeness (QED) is 0.383. The van der Waals surface area contributed by atoms with Gasteiger partial charge in [0.1, 0.15) is 0 Å². The van der Waals surface area contributed by atoms with Gasteiger partial charge in [-0.25, -0.2) is 0 Å². The molecule has 0 bridgehead atoms. The molecule has 1 unspecified atom stereocenters. The topological polar surface area (TPSA) is 98.7 Å². The molecule has 0 radical (unpaired) electrons. The fraction of sp³-hybridized carbons (Fsp3) is 0.467. The third kappa shape index (κ3) is 5.69. The predicted molar refractivity (Wildman–Crippen MR) is 67.6 cm³/mol. The van der Waals surface area contributed by atoms with Gasteiger partial charge in [-0.2, -0.15) is 0 Å². The van der Waals surface area contributed by atoms with E-state index in [1.54, 1.807) is 30.3 Å². The Labute approximate surface area is 158 Å². The van der Waals surface area contributed by atoms with E-state index in [0.717, 1.165) is 12.8 Å². The maximum Gasteiger partial charge on any atom is 1.00 e. The Balaban J connectivity index is 0.00000242. The second-order valence-electron chi connectivity index (χ2n) is 4.98. The first-order valence-corrected chi connectivity index (χ1v) is 6.81. The molecule has 0 spiro atoms. The van der Waals surface area contributed by atoms with Crippen molar-refractivity contribution in [3.8, 4) is 0 Å². The number of rotatable bonds is 6. The van der Waals surface area contributed by atoms with Crippen molar-refractivity contribution in [3.63, 3.8) is 0 Å². The van der Waals surface area contributed by atoms with Gasteiger partial charge in [-0.1, -0.05) is 30.3 Å². The van der Waals surface area contributed by atoms with Crippen molar-refractivity contribution in [2.75, 3.05) is 6.61 Å². The Bertz CT molecular complexity index is 488. The molecule has 0 saturated carbocycles. The van der Waals surface area contributed by atoms with Crippen LogP contribution < -0.4 is 47.9 Å². The normalized spacial score (nSPS) is 17.5. The molecule has 0 amide bonds. The first-order chi connectivity index (χ1) is 10.0. The third-order valence-electron chi connectivity index (χ3n) is 3.43. The van der Waals surface area contributed by atoms with Crippen molar-refractivity contribution in [2.45, 2.75) is 37.6 Å². The van der Waals surface area contributed by atoms with Crippen LogP contribution in [0.3, 0.4) is 0 Å². The molecule has 1 heterocycles. The van der Waals surface area contributed by atoms with E-state index in [2.05, 4.69) is 0 Å². The molecule has 0 aliphatic carbocycles. The molecule has 1 aliphatic heterocycles. The van der Waals surface area contributed by atoms with Crippen molar-refractivity contribution in [1.29, 1.82) is 0 Å². The monoisotopic (exact) mass is 306 g/mol. The van der Waals surface area contributed by atoms with Crippen molar-refractivity contribution >= 4 is 11.9 Å². The maximum absolute atomic E-state index is 11.4. The van der Waals surface area contributed by atoms with Gasteiger partial charge in [0.25, 0.3) is 0 Å². The second-order valence-corrected chi connectivity index (χ2v) is 4.98. The SMILES string of the molecule is O=C([O-])C(Cc1ccccc1)(OC1CCCCO1)C(=O)[O-].[Li+].[Li+]. The zero-order chi connectivity index (χ0) is 15.3. The molecule has 1 saturated heterocycles. The van der Waals surface area contributed by atoms with Crippen LogP contribution >= 0.6 is 0 Å². The molecule has 0 N–H and O–H groups in total. The predicted octanol–water partition coefficient (Wildman–Crippen LogP) is -6.98. The van der Waals surface area contributed by atoms with E-state index in [1.807, 2.05) is 0 Å². The minimum absolute atomic E-state index is 0. The number of carboxylic acid groups (broad SMARTS) is 2. The molecular formula is C15H16Li2O6. The van der Waals surface area contributed by atoms with Crippen LogP contribution in [-0.2, 0) is 25.5 Å². The van der Waals surface area contributed by atoms with Crippen LogP contribution in [-0.4, -0.2) is 30.4 Å². The van der Waals surface area contributed by atoms with Gasteiger partial charge in [-0.15, -0.1) is 0 Å². The molecule has 1 aromatic carbocycles. The summed E-state index contributed by atoms with van der Waals surface area (Å²) in [5.41, 5.74) is -2.05. The van der Waals surface area contributed by atoms with E-state index in [4.69, 9.17) is 9.47 Å². The smallest absolute Gasteiger partial charge is 0.547 e. The van der Waals surface area contributed by atoms with Gasteiger partial charge in [0.15, 0.2) is 11.9 Å². The van der Waals surface area contributed by atoms with Gasteiger partial charge in [-0.3, -0.25) is 0 Å². The fourth-order valence-electron chi connectivity index (χ4n) is 2.28. The van der Waals surface area contributed by atoms with Crippen LogP contribution in [0.4, 0.5) is 0 Å². The number of carboxylic acids is 2. The van der Waals surface area contributed by atoms with Crippen LogP contribution in [0.15, 0.2) is 30.3 Å². The van der Waals surface area contributed by atoms with Crippen molar-refractivity contribution in [2.24, 2.45) is 0 Å². The molecule has 1 aliphatic rings. The Morgan fingerprint density at radius 3 is 2.22 bits per heavy atom. The van der Waals surface area contributed by atoms with Gasteiger partial charge in [0, 0.05) is 13.0 Å². The summed E-state index contributed by atoms with van der Waals surface area (Å²) < 4.78 is 10.5. The van der Waals surface area contributed by atoms with Gasteiger partial charge >= 0.3 is 37.7 Å². The average molecular weight is 306 g/mol. The van der Waals surface area contributed by atoms with Crippen molar-refractivity contribution in [3.05, 3.63) is 35.9 Å². The number of hydrogen-bond donors (Lipinski definition) is 0. The summed E-state index contributed by atoms with van der Waals surface area (Å²) in [4.78, 5) is 22.9. The molecule has 6 nitrogen and oxygen atoms in total. The van der Waals surface area contributed by atoms with Gasteiger partial charge in [0.2, 0.25) is 0 Å². The zero-order valence-corrected chi connectivity index (χ0v) is 13.4. The summed E-state index contributed by atoms with van der Waals surface area (Å²) in [6.45, 7) is 0.409. The summed E-state index contributed by atoms with van der Waals surface area (Å²) >= 11 is 0. The summed E-state index contributed by atoms with van der Waals surface area (Å²) in [5, 5.41) is 22.9. The van der Waals surface area contributed by atoms with Crippen LogP contribution in [0.5, 0.6) is 0 Å². The van der Waals surface area contributed by atoms with E-state index >= 15 is 0 Å². The largest absolute Gasteiger partial charge is 1.00 e. The van der Waals surface area contributed by atoms with E-state index in [1.165, 1.54) is 0 Å². The van der Waals surface area contributed by atoms with Gasteiger partial charge < -0.3 is 29.3 Å². The minimum Gasteiger partial charge on any atom is -0.547 e. The molecule has 23 heavy (non-hydrogen) atoms. The van der Waals surface area contributed by atoms with Crippen molar-refractivity contribution in [1.82, 2.24) is 0 Å². The van der Waals surface area contributed by atoms with Crippen LogP contribution in [0.25, 0.3) is 0 Å². The summed E-state index contributed by atoms with van der Waals surface area (Å²) in [6, 6.07) is 8.34. The average Bonchev–Trinajstić information content (AvgIpc) is 2.48. The molecule has 0 aromatic heterocycles. The molecule has 8 heteroatoms. The minimum atomic E-state index is -2.55. The third-order valence-corrected chi connectivity index (χ3v) is 3.43. The molecular weight excluding hydrogens is 290 g/mol. The van der Waals surface area contributed by atoms with Gasteiger partial charge in [-0.05, 0) is 24.8 Å². The first-order valence-electron chi connectivity index (χ1n) is 6.81. The summed E-state index contributed by atoms with van der Waals surface area (Å²) in [6.07, 6.45) is 0.808. The number of hydrogen-bond acceptors (Lipinski definition) is 6. The Morgan fingerprint density at radius 2 is 1.74 bits per heavy atom.